The molecule has 0 atom stereocenters. The van der Waals surface area contributed by atoms with Crippen LogP contribution in [0.15, 0.2) is 105 Å². The summed E-state index contributed by atoms with van der Waals surface area (Å²) in [7, 11) is 0. The average Bonchev–Trinajstić information content (AvgIpc) is 3.22. The highest BCUT2D eigenvalue weighted by Gasteiger charge is 2.20. The maximum atomic E-state index is 13.3. The number of halogens is 1. The van der Waals surface area contributed by atoms with Crippen molar-refractivity contribution in [2.45, 2.75) is 0 Å². The van der Waals surface area contributed by atoms with E-state index < -0.39 is 11.5 Å². The van der Waals surface area contributed by atoms with Gasteiger partial charge >= 0.3 is 5.63 Å². The van der Waals surface area contributed by atoms with Gasteiger partial charge in [-0.3, -0.25) is 9.20 Å². The summed E-state index contributed by atoms with van der Waals surface area (Å²) >= 11 is 3.41. The number of hydrogen-bond donors (Lipinski definition) is 1. The number of benzene rings is 3. The first-order valence-electron chi connectivity index (χ1n) is 10.6. The number of carbonyl (C=O) groups is 1. The van der Waals surface area contributed by atoms with Crippen LogP contribution >= 0.6 is 15.9 Å². The Morgan fingerprint density at radius 3 is 2.59 bits per heavy atom. The van der Waals surface area contributed by atoms with Gasteiger partial charge in [0.1, 0.15) is 28.3 Å². The van der Waals surface area contributed by atoms with Crippen LogP contribution in [0.25, 0.3) is 38.6 Å². The van der Waals surface area contributed by atoms with Gasteiger partial charge in [-0.2, -0.15) is 0 Å². The van der Waals surface area contributed by atoms with Crippen LogP contribution in [0.2, 0.25) is 0 Å². The van der Waals surface area contributed by atoms with Gasteiger partial charge in [0.2, 0.25) is 0 Å². The number of hydrogen-bond acceptors (Lipinski definition) is 4. The summed E-state index contributed by atoms with van der Waals surface area (Å²) in [4.78, 5) is 30.6. The fraction of sp³-hybridized carbons (Fsp3) is 0. The molecule has 3 aromatic heterocycles. The van der Waals surface area contributed by atoms with Gasteiger partial charge in [0.25, 0.3) is 5.91 Å². The van der Waals surface area contributed by atoms with Crippen LogP contribution in [0.5, 0.6) is 0 Å². The van der Waals surface area contributed by atoms with Gasteiger partial charge in [0, 0.05) is 21.6 Å². The number of anilines is 1. The molecule has 0 saturated carbocycles. The molecule has 0 fully saturated rings. The lowest BCUT2D eigenvalue weighted by Crippen LogP contribution is -2.21. The molecule has 3 aromatic carbocycles. The van der Waals surface area contributed by atoms with Gasteiger partial charge in [-0.05, 0) is 53.2 Å². The van der Waals surface area contributed by atoms with Gasteiger partial charge in [-0.15, -0.1) is 0 Å². The number of nitrogens with one attached hydrogen (secondary N) is 1. The fourth-order valence-corrected chi connectivity index (χ4v) is 4.46. The minimum atomic E-state index is -0.701. The number of pyridine rings is 1. The monoisotopic (exact) mass is 509 g/mol. The lowest BCUT2D eigenvalue weighted by atomic mass is 10.0. The second-order valence-electron chi connectivity index (χ2n) is 7.88. The van der Waals surface area contributed by atoms with Crippen molar-refractivity contribution < 1.29 is 9.21 Å². The van der Waals surface area contributed by atoms with Crippen molar-refractivity contribution in [2.24, 2.45) is 0 Å². The Hall–Kier alpha value is -4.23. The van der Waals surface area contributed by atoms with Gasteiger partial charge in [-0.25, -0.2) is 9.78 Å². The first-order valence-corrected chi connectivity index (χ1v) is 11.4. The molecule has 0 bridgehead atoms. The molecule has 0 spiro atoms. The highest BCUT2D eigenvalue weighted by Crippen LogP contribution is 2.31. The van der Waals surface area contributed by atoms with Crippen LogP contribution in [0.3, 0.4) is 0 Å². The molecule has 6 rings (SSSR count). The Balaban J connectivity index is 1.48. The molecule has 164 valence electrons. The predicted octanol–water partition coefficient (Wildman–Crippen LogP) is 6.28. The number of rotatable bonds is 3. The Morgan fingerprint density at radius 1 is 0.882 bits per heavy atom. The maximum absolute atomic E-state index is 13.3. The van der Waals surface area contributed by atoms with Gasteiger partial charge < -0.3 is 9.73 Å². The molecule has 1 amide bonds. The first kappa shape index (κ1) is 20.4. The Bertz CT molecular complexity index is 1800. The number of nitrogens with zero attached hydrogens (tertiary/aromatic N) is 2. The normalized spacial score (nSPS) is 11.3. The van der Waals surface area contributed by atoms with Crippen LogP contribution in [0.1, 0.15) is 10.4 Å². The minimum absolute atomic E-state index is 0.0825. The Kier molecular flexibility index (Phi) is 4.78. The average molecular weight is 510 g/mol. The minimum Gasteiger partial charge on any atom is -0.422 e. The van der Waals surface area contributed by atoms with Crippen LogP contribution in [0.4, 0.5) is 5.82 Å². The zero-order valence-electron chi connectivity index (χ0n) is 17.7. The second kappa shape index (κ2) is 7.97. The molecule has 3 heterocycles. The van der Waals surface area contributed by atoms with E-state index >= 15 is 0 Å². The topological polar surface area (TPSA) is 76.6 Å². The molecule has 0 aliphatic rings. The SMILES string of the molecule is O=C(Nc1c(-c2ccc3ccccc3c2)nc2ccccn12)c1cc2cc(Br)ccc2oc1=O. The molecule has 6 aromatic rings. The summed E-state index contributed by atoms with van der Waals surface area (Å²) in [5, 5.41) is 5.73. The molecule has 1 N–H and O–H groups in total. The van der Waals surface area contributed by atoms with E-state index in [2.05, 4.69) is 21.2 Å². The van der Waals surface area contributed by atoms with Crippen molar-refractivity contribution in [3.63, 3.8) is 0 Å². The molecular weight excluding hydrogens is 494 g/mol. The van der Waals surface area contributed by atoms with E-state index in [1.165, 1.54) is 0 Å². The van der Waals surface area contributed by atoms with Crippen LogP contribution in [-0.4, -0.2) is 15.3 Å². The largest absolute Gasteiger partial charge is 0.422 e. The number of fused-ring (bicyclic) bond motifs is 3. The van der Waals surface area contributed by atoms with Crippen molar-refractivity contribution >= 4 is 55.0 Å². The van der Waals surface area contributed by atoms with Gasteiger partial charge in [0.15, 0.2) is 0 Å². The quantitative estimate of drug-likeness (QED) is 0.285. The number of aromatic nitrogens is 2. The number of amides is 1. The highest BCUT2D eigenvalue weighted by atomic mass is 79.9. The summed E-state index contributed by atoms with van der Waals surface area (Å²) < 4.78 is 7.99. The molecule has 0 saturated heterocycles. The zero-order valence-corrected chi connectivity index (χ0v) is 19.2. The Labute approximate surface area is 201 Å². The lowest BCUT2D eigenvalue weighted by molar-refractivity contribution is 0.102. The summed E-state index contributed by atoms with van der Waals surface area (Å²) in [6, 6.07) is 26.5. The molecule has 34 heavy (non-hydrogen) atoms. The van der Waals surface area contributed by atoms with Crippen molar-refractivity contribution in [3.05, 3.63) is 112 Å². The summed E-state index contributed by atoms with van der Waals surface area (Å²) in [5.41, 5.74) is 1.77. The first-order chi connectivity index (χ1) is 16.6. The molecular formula is C27H16BrN3O3. The van der Waals surface area contributed by atoms with E-state index in [1.807, 2.05) is 66.9 Å². The molecule has 0 unspecified atom stereocenters. The van der Waals surface area contributed by atoms with Crippen molar-refractivity contribution in [1.82, 2.24) is 9.38 Å². The van der Waals surface area contributed by atoms with E-state index in [1.54, 1.807) is 28.7 Å². The number of imidazole rings is 1. The van der Waals surface area contributed by atoms with Crippen molar-refractivity contribution in [1.29, 1.82) is 0 Å². The van der Waals surface area contributed by atoms with Gasteiger partial charge in [0.05, 0.1) is 0 Å². The second-order valence-corrected chi connectivity index (χ2v) is 8.80. The Morgan fingerprint density at radius 2 is 1.71 bits per heavy atom. The standard InChI is InChI=1S/C27H16BrN3O3/c28-20-10-11-22-19(14-20)15-21(27(33)34-22)26(32)30-25-24(29-23-7-3-4-12-31(23)25)18-9-8-16-5-1-2-6-17(16)13-18/h1-15H,(H,30,32). The number of carbonyl (C=O) groups excluding carboxylic acids is 1. The third-order valence-corrected chi connectivity index (χ3v) is 6.22. The van der Waals surface area contributed by atoms with Crippen LogP contribution in [-0.2, 0) is 0 Å². The smallest absolute Gasteiger partial charge is 0.349 e. The lowest BCUT2D eigenvalue weighted by Gasteiger charge is -2.09. The summed E-state index contributed by atoms with van der Waals surface area (Å²) in [6.45, 7) is 0. The molecule has 0 aliphatic heterocycles. The summed E-state index contributed by atoms with van der Waals surface area (Å²) in [6.07, 6.45) is 1.82. The van der Waals surface area contributed by atoms with Gasteiger partial charge in [-0.1, -0.05) is 58.4 Å². The van der Waals surface area contributed by atoms with Crippen molar-refractivity contribution in [3.8, 4) is 11.3 Å². The third-order valence-electron chi connectivity index (χ3n) is 5.72. The van der Waals surface area contributed by atoms with E-state index in [9.17, 15) is 9.59 Å². The molecule has 0 aliphatic carbocycles. The molecule has 7 heteroatoms. The predicted molar refractivity (Wildman–Crippen MR) is 136 cm³/mol. The molecule has 0 radical (unpaired) electrons. The van der Waals surface area contributed by atoms with E-state index in [0.717, 1.165) is 20.8 Å². The van der Waals surface area contributed by atoms with Crippen LogP contribution in [0, 0.1) is 0 Å². The van der Waals surface area contributed by atoms with Crippen LogP contribution < -0.4 is 10.9 Å². The molecule has 6 nitrogen and oxygen atoms in total. The van der Waals surface area contributed by atoms with E-state index in [0.29, 0.717) is 28.1 Å². The van der Waals surface area contributed by atoms with E-state index in [-0.39, 0.29) is 5.56 Å². The zero-order chi connectivity index (χ0) is 23.2. The fourth-order valence-electron chi connectivity index (χ4n) is 4.08. The summed E-state index contributed by atoms with van der Waals surface area (Å²) in [5.74, 6) is -0.0899. The van der Waals surface area contributed by atoms with Crippen molar-refractivity contribution in [2.75, 3.05) is 5.32 Å². The maximum Gasteiger partial charge on any atom is 0.349 e. The van der Waals surface area contributed by atoms with E-state index in [4.69, 9.17) is 9.40 Å². The highest BCUT2D eigenvalue weighted by molar-refractivity contribution is 9.10. The third kappa shape index (κ3) is 3.47.